The van der Waals surface area contributed by atoms with Crippen LogP contribution >= 0.6 is 32.9 Å². The van der Waals surface area contributed by atoms with E-state index >= 15 is 0 Å². The van der Waals surface area contributed by atoms with E-state index in [1.54, 1.807) is 0 Å². The third-order valence-electron chi connectivity index (χ3n) is 1.57. The summed E-state index contributed by atoms with van der Waals surface area (Å²) in [7, 11) is 2.17. The fourth-order valence-corrected chi connectivity index (χ4v) is 1.92. The first-order chi connectivity index (χ1) is 3.79. The molecule has 1 aliphatic rings. The predicted octanol–water partition coefficient (Wildman–Crippen LogP) is 2.05. The molecule has 9 heavy (non-hydrogen) atoms. The van der Waals surface area contributed by atoms with E-state index in [0.717, 1.165) is 4.83 Å². The Morgan fingerprint density at radius 2 is 2.22 bits per heavy atom. The molecule has 1 aliphatic heterocycles. The average molecular weight is 259 g/mol. The van der Waals surface area contributed by atoms with Gasteiger partial charge in [0.05, 0.1) is 0 Å². The van der Waals surface area contributed by atoms with E-state index in [2.05, 4.69) is 27.9 Å². The number of piperidine rings is 1. The van der Waals surface area contributed by atoms with Crippen molar-refractivity contribution >= 4 is 32.9 Å². The molecule has 0 spiro atoms. The van der Waals surface area contributed by atoms with E-state index in [-0.39, 0.29) is 17.0 Å². The Hall–Kier alpha value is 0.920. The van der Waals surface area contributed by atoms with Gasteiger partial charge < -0.3 is 4.90 Å². The maximum Gasteiger partial charge on any atom is 0.0273 e. The summed E-state index contributed by atoms with van der Waals surface area (Å²) in [5.41, 5.74) is 0. The van der Waals surface area contributed by atoms with E-state index in [1.807, 2.05) is 0 Å². The molecular formula is C6H13Br2N. The van der Waals surface area contributed by atoms with E-state index in [9.17, 15) is 0 Å². The summed E-state index contributed by atoms with van der Waals surface area (Å²) in [6.45, 7) is 2.50. The Labute approximate surface area is 75.7 Å². The third kappa shape index (κ3) is 3.58. The first-order valence-corrected chi connectivity index (χ1v) is 4.03. The fraction of sp³-hybridized carbons (Fsp3) is 1.00. The number of alkyl halides is 1. The van der Waals surface area contributed by atoms with Gasteiger partial charge in [-0.3, -0.25) is 0 Å². The summed E-state index contributed by atoms with van der Waals surface area (Å²) in [5, 5.41) is 0. The smallest absolute Gasteiger partial charge is 0.0273 e. The van der Waals surface area contributed by atoms with Gasteiger partial charge in [0, 0.05) is 11.4 Å². The molecule has 0 aromatic heterocycles. The molecule has 1 saturated heterocycles. The van der Waals surface area contributed by atoms with Crippen LogP contribution in [0.25, 0.3) is 0 Å². The maximum atomic E-state index is 3.59. The molecule has 0 aliphatic carbocycles. The van der Waals surface area contributed by atoms with Crippen molar-refractivity contribution in [2.45, 2.75) is 17.7 Å². The van der Waals surface area contributed by atoms with Crippen molar-refractivity contribution < 1.29 is 0 Å². The van der Waals surface area contributed by atoms with Crippen molar-refractivity contribution in [1.29, 1.82) is 0 Å². The lowest BCUT2D eigenvalue weighted by molar-refractivity contribution is 0.285. The highest BCUT2D eigenvalue weighted by atomic mass is 79.9. The molecule has 1 atom stereocenters. The van der Waals surface area contributed by atoms with Gasteiger partial charge in [0.2, 0.25) is 0 Å². The van der Waals surface area contributed by atoms with Crippen molar-refractivity contribution in [3.05, 3.63) is 0 Å². The first-order valence-electron chi connectivity index (χ1n) is 3.11. The topological polar surface area (TPSA) is 3.24 Å². The lowest BCUT2D eigenvalue weighted by atomic mass is 10.1. The van der Waals surface area contributed by atoms with Crippen molar-refractivity contribution in [3.63, 3.8) is 0 Å². The minimum Gasteiger partial charge on any atom is -0.305 e. The zero-order valence-electron chi connectivity index (χ0n) is 5.64. The highest BCUT2D eigenvalue weighted by Crippen LogP contribution is 2.14. The monoisotopic (exact) mass is 257 g/mol. The van der Waals surface area contributed by atoms with Gasteiger partial charge in [-0.25, -0.2) is 0 Å². The minimum absolute atomic E-state index is 0. The number of halogens is 2. The zero-order chi connectivity index (χ0) is 5.98. The number of rotatable bonds is 0. The fourth-order valence-electron chi connectivity index (χ4n) is 1.10. The summed E-state index contributed by atoms with van der Waals surface area (Å²) in [6, 6.07) is 0. The summed E-state index contributed by atoms with van der Waals surface area (Å²) in [6.07, 6.45) is 2.71. The van der Waals surface area contributed by atoms with Gasteiger partial charge in [-0.1, -0.05) is 15.9 Å². The summed E-state index contributed by atoms with van der Waals surface area (Å²) < 4.78 is 0. The van der Waals surface area contributed by atoms with Crippen LogP contribution in [0.2, 0.25) is 0 Å². The van der Waals surface area contributed by atoms with Crippen molar-refractivity contribution in [2.75, 3.05) is 20.1 Å². The maximum absolute atomic E-state index is 3.59. The molecule has 1 fully saturated rings. The van der Waals surface area contributed by atoms with Crippen LogP contribution in [0, 0.1) is 0 Å². The van der Waals surface area contributed by atoms with Crippen LogP contribution in [0.1, 0.15) is 12.8 Å². The number of nitrogens with zero attached hydrogens (tertiary/aromatic N) is 1. The van der Waals surface area contributed by atoms with Gasteiger partial charge in [0.25, 0.3) is 0 Å². The van der Waals surface area contributed by atoms with E-state index in [1.165, 1.54) is 25.9 Å². The zero-order valence-corrected chi connectivity index (χ0v) is 8.94. The molecule has 1 unspecified atom stereocenters. The van der Waals surface area contributed by atoms with Crippen molar-refractivity contribution in [1.82, 2.24) is 4.90 Å². The molecule has 0 radical (unpaired) electrons. The number of likely N-dealkylation sites (tertiary alicyclic amines) is 1. The molecule has 0 bridgehead atoms. The van der Waals surface area contributed by atoms with Gasteiger partial charge in [0.15, 0.2) is 0 Å². The van der Waals surface area contributed by atoms with E-state index in [4.69, 9.17) is 0 Å². The van der Waals surface area contributed by atoms with Gasteiger partial charge in [-0.15, -0.1) is 17.0 Å². The van der Waals surface area contributed by atoms with Crippen molar-refractivity contribution in [3.8, 4) is 0 Å². The SMILES string of the molecule is Br.CN1CCCC(Br)C1. The molecule has 0 aromatic carbocycles. The van der Waals surface area contributed by atoms with Crippen molar-refractivity contribution in [2.24, 2.45) is 0 Å². The van der Waals surface area contributed by atoms with Crippen LogP contribution in [-0.4, -0.2) is 29.9 Å². The molecule has 0 saturated carbocycles. The highest BCUT2D eigenvalue weighted by Gasteiger charge is 2.12. The van der Waals surface area contributed by atoms with Crippen LogP contribution < -0.4 is 0 Å². The molecule has 0 aromatic rings. The second kappa shape index (κ2) is 4.69. The predicted molar refractivity (Wildman–Crippen MR) is 49.8 cm³/mol. The largest absolute Gasteiger partial charge is 0.305 e. The quantitative estimate of drug-likeness (QED) is 0.602. The molecule has 0 amide bonds. The normalized spacial score (nSPS) is 29.3. The Morgan fingerprint density at radius 3 is 2.56 bits per heavy atom. The number of hydrogen-bond donors (Lipinski definition) is 0. The van der Waals surface area contributed by atoms with Crippen LogP contribution in [0.15, 0.2) is 0 Å². The standard InChI is InChI=1S/C6H12BrN.BrH/c1-8-4-2-3-6(7)5-8;/h6H,2-5H2,1H3;1H. The molecule has 1 heterocycles. The molecule has 3 heteroatoms. The van der Waals surface area contributed by atoms with Gasteiger partial charge >= 0.3 is 0 Å². The Morgan fingerprint density at radius 1 is 1.56 bits per heavy atom. The minimum atomic E-state index is 0. The van der Waals surface area contributed by atoms with Gasteiger partial charge in [0.1, 0.15) is 0 Å². The molecule has 56 valence electrons. The Kier molecular flexibility index (Phi) is 5.17. The molecule has 0 N–H and O–H groups in total. The van der Waals surface area contributed by atoms with E-state index < -0.39 is 0 Å². The summed E-state index contributed by atoms with van der Waals surface area (Å²) >= 11 is 3.59. The summed E-state index contributed by atoms with van der Waals surface area (Å²) in [4.78, 5) is 3.12. The average Bonchev–Trinajstić information content (AvgIpc) is 1.64. The summed E-state index contributed by atoms with van der Waals surface area (Å²) in [5.74, 6) is 0. The Bertz CT molecular complexity index is 69.5. The lowest BCUT2D eigenvalue weighted by Crippen LogP contribution is -2.32. The van der Waals surface area contributed by atoms with Crippen LogP contribution in [0.5, 0.6) is 0 Å². The first kappa shape index (κ1) is 9.92. The highest BCUT2D eigenvalue weighted by molar-refractivity contribution is 9.09. The van der Waals surface area contributed by atoms with Crippen LogP contribution in [0.4, 0.5) is 0 Å². The lowest BCUT2D eigenvalue weighted by Gasteiger charge is -2.25. The Balaban J connectivity index is 0.000000640. The second-order valence-corrected chi connectivity index (χ2v) is 3.80. The third-order valence-corrected chi connectivity index (χ3v) is 2.31. The molecular weight excluding hydrogens is 246 g/mol. The van der Waals surface area contributed by atoms with Crippen LogP contribution in [0.3, 0.4) is 0 Å². The van der Waals surface area contributed by atoms with Gasteiger partial charge in [-0.2, -0.15) is 0 Å². The molecule has 1 rings (SSSR count). The second-order valence-electron chi connectivity index (χ2n) is 2.50. The number of hydrogen-bond acceptors (Lipinski definition) is 1. The van der Waals surface area contributed by atoms with Gasteiger partial charge in [-0.05, 0) is 26.4 Å². The van der Waals surface area contributed by atoms with Crippen LogP contribution in [-0.2, 0) is 0 Å². The van der Waals surface area contributed by atoms with E-state index in [0.29, 0.717) is 0 Å². The molecule has 1 nitrogen and oxygen atoms in total.